The lowest BCUT2D eigenvalue weighted by Crippen LogP contribution is -2.30. The smallest absolute Gasteiger partial charge is 0.292 e. The number of carbonyl (C=O) groups is 1. The van der Waals surface area contributed by atoms with Gasteiger partial charge in [0.15, 0.2) is 0 Å². The fourth-order valence-electron chi connectivity index (χ4n) is 2.78. The van der Waals surface area contributed by atoms with Gasteiger partial charge >= 0.3 is 0 Å². The Morgan fingerprint density at radius 1 is 1.39 bits per heavy atom. The predicted octanol–water partition coefficient (Wildman–Crippen LogP) is 3.17. The van der Waals surface area contributed by atoms with Crippen LogP contribution >= 0.6 is 0 Å². The summed E-state index contributed by atoms with van der Waals surface area (Å²) < 4.78 is 11.1. The Balaban J connectivity index is 1.58. The highest BCUT2D eigenvalue weighted by molar-refractivity contribution is 5.91. The highest BCUT2D eigenvalue weighted by atomic mass is 16.5. The van der Waals surface area contributed by atoms with Crippen LogP contribution in [0, 0.1) is 5.92 Å². The van der Waals surface area contributed by atoms with Gasteiger partial charge in [-0.2, -0.15) is 0 Å². The second-order valence-corrected chi connectivity index (χ2v) is 6.37. The van der Waals surface area contributed by atoms with Crippen LogP contribution in [0.1, 0.15) is 36.5 Å². The molecule has 122 valence electrons. The Labute approximate surface area is 136 Å². The fraction of sp³-hybridized carbons (Fsp3) is 0.444. The number of likely N-dealkylation sites (tertiary alicyclic amines) is 1. The zero-order valence-electron chi connectivity index (χ0n) is 13.6. The van der Waals surface area contributed by atoms with Crippen LogP contribution in [-0.4, -0.2) is 35.2 Å². The highest BCUT2D eigenvalue weighted by Crippen LogP contribution is 2.20. The van der Waals surface area contributed by atoms with E-state index in [9.17, 15) is 4.79 Å². The van der Waals surface area contributed by atoms with Crippen molar-refractivity contribution < 1.29 is 14.1 Å². The van der Waals surface area contributed by atoms with Gasteiger partial charge < -0.3 is 14.2 Å². The lowest BCUT2D eigenvalue weighted by molar-refractivity contribution is 0.0731. The van der Waals surface area contributed by atoms with E-state index in [1.807, 2.05) is 30.3 Å². The molecular weight excluding hydrogens is 292 g/mol. The Morgan fingerprint density at radius 2 is 2.17 bits per heavy atom. The third kappa shape index (κ3) is 3.92. The number of carbonyl (C=O) groups excluding carboxylic acids is 1. The van der Waals surface area contributed by atoms with Crippen LogP contribution < -0.4 is 4.74 Å². The molecule has 0 saturated carbocycles. The van der Waals surface area contributed by atoms with Crippen molar-refractivity contribution in [1.82, 2.24) is 10.1 Å². The van der Waals surface area contributed by atoms with Gasteiger partial charge in [0.2, 0.25) is 5.76 Å². The topological polar surface area (TPSA) is 55.6 Å². The molecule has 1 aromatic heterocycles. The zero-order valence-corrected chi connectivity index (χ0v) is 13.6. The number of rotatable bonds is 5. The van der Waals surface area contributed by atoms with Crippen LogP contribution in [0.5, 0.6) is 5.75 Å². The van der Waals surface area contributed by atoms with Crippen LogP contribution in [0.4, 0.5) is 0 Å². The fourth-order valence-corrected chi connectivity index (χ4v) is 2.78. The molecule has 1 atom stereocenters. The Bertz CT molecular complexity index is 651. The van der Waals surface area contributed by atoms with Gasteiger partial charge in [-0.3, -0.25) is 4.79 Å². The zero-order chi connectivity index (χ0) is 16.2. The molecule has 0 aliphatic carbocycles. The summed E-state index contributed by atoms with van der Waals surface area (Å²) in [7, 11) is 0. The van der Waals surface area contributed by atoms with E-state index < -0.39 is 0 Å². The van der Waals surface area contributed by atoms with Crippen molar-refractivity contribution >= 4 is 5.91 Å². The van der Waals surface area contributed by atoms with Crippen LogP contribution in [0.3, 0.4) is 0 Å². The monoisotopic (exact) mass is 314 g/mol. The molecule has 5 heteroatoms. The molecule has 3 rings (SSSR count). The van der Waals surface area contributed by atoms with Gasteiger partial charge in [0.25, 0.3) is 5.91 Å². The first-order valence-corrected chi connectivity index (χ1v) is 8.08. The Morgan fingerprint density at radius 3 is 2.91 bits per heavy atom. The average Bonchev–Trinajstić information content (AvgIpc) is 3.17. The third-order valence-electron chi connectivity index (χ3n) is 3.87. The van der Waals surface area contributed by atoms with E-state index in [4.69, 9.17) is 9.26 Å². The Kier molecular flexibility index (Phi) is 4.65. The lowest BCUT2D eigenvalue weighted by Gasteiger charge is -2.15. The minimum Gasteiger partial charge on any atom is -0.489 e. The van der Waals surface area contributed by atoms with Crippen molar-refractivity contribution in [3.8, 4) is 5.75 Å². The van der Waals surface area contributed by atoms with E-state index in [2.05, 4.69) is 19.0 Å². The van der Waals surface area contributed by atoms with E-state index in [1.165, 1.54) is 0 Å². The number of aromatic nitrogens is 1. The minimum atomic E-state index is -0.105. The molecule has 1 aromatic carbocycles. The summed E-state index contributed by atoms with van der Waals surface area (Å²) in [6.45, 7) is 5.48. The number of hydrogen-bond acceptors (Lipinski definition) is 4. The number of benzene rings is 1. The first-order chi connectivity index (χ1) is 11.1. The summed E-state index contributed by atoms with van der Waals surface area (Å²) in [4.78, 5) is 14.3. The molecule has 0 radical (unpaired) electrons. The second-order valence-electron chi connectivity index (χ2n) is 6.37. The van der Waals surface area contributed by atoms with Crippen LogP contribution in [0.25, 0.3) is 0 Å². The number of nitrogens with zero attached hydrogens (tertiary/aromatic N) is 2. The van der Waals surface area contributed by atoms with E-state index in [0.29, 0.717) is 24.8 Å². The van der Waals surface area contributed by atoms with Gasteiger partial charge in [0, 0.05) is 19.0 Å². The molecule has 0 unspecified atom stereocenters. The number of amides is 1. The maximum atomic E-state index is 12.5. The number of hydrogen-bond donors (Lipinski definition) is 0. The third-order valence-corrected chi connectivity index (χ3v) is 3.87. The minimum absolute atomic E-state index is 0.0272. The van der Waals surface area contributed by atoms with Gasteiger partial charge in [-0.25, -0.2) is 0 Å². The molecule has 5 nitrogen and oxygen atoms in total. The maximum Gasteiger partial charge on any atom is 0.292 e. The number of para-hydroxylation sites is 1. The van der Waals surface area contributed by atoms with E-state index in [0.717, 1.165) is 24.3 Å². The van der Waals surface area contributed by atoms with Crippen LogP contribution in [0.15, 0.2) is 40.9 Å². The van der Waals surface area contributed by atoms with E-state index >= 15 is 0 Å². The van der Waals surface area contributed by atoms with Crippen molar-refractivity contribution in [2.24, 2.45) is 5.92 Å². The lowest BCUT2D eigenvalue weighted by atomic mass is 10.1. The van der Waals surface area contributed by atoms with Crippen molar-refractivity contribution in [2.75, 3.05) is 13.1 Å². The van der Waals surface area contributed by atoms with Crippen LogP contribution in [-0.2, 0) is 6.42 Å². The molecular formula is C18H22N2O3. The van der Waals surface area contributed by atoms with Gasteiger partial charge in [-0.1, -0.05) is 37.2 Å². The SMILES string of the molecule is CC(C)Cc1cc(C(=O)N2CC[C@H](Oc3ccccc3)C2)on1. The van der Waals surface area contributed by atoms with Crippen molar-refractivity contribution in [2.45, 2.75) is 32.8 Å². The summed E-state index contributed by atoms with van der Waals surface area (Å²) in [5.41, 5.74) is 0.833. The molecule has 2 aromatic rings. The summed E-state index contributed by atoms with van der Waals surface area (Å²) in [5.74, 6) is 1.54. The van der Waals surface area contributed by atoms with Crippen molar-refractivity contribution in [3.63, 3.8) is 0 Å². The first-order valence-electron chi connectivity index (χ1n) is 8.08. The molecule has 1 fully saturated rings. The van der Waals surface area contributed by atoms with Gasteiger partial charge in [0.05, 0.1) is 12.2 Å². The molecule has 1 saturated heterocycles. The molecule has 23 heavy (non-hydrogen) atoms. The van der Waals surface area contributed by atoms with E-state index in [-0.39, 0.29) is 12.0 Å². The van der Waals surface area contributed by atoms with Gasteiger partial charge in [-0.05, 0) is 24.5 Å². The van der Waals surface area contributed by atoms with Crippen molar-refractivity contribution in [1.29, 1.82) is 0 Å². The molecule has 2 heterocycles. The van der Waals surface area contributed by atoms with E-state index in [1.54, 1.807) is 11.0 Å². The first kappa shape index (κ1) is 15.6. The Hall–Kier alpha value is -2.30. The second kappa shape index (κ2) is 6.86. The van der Waals surface area contributed by atoms with Crippen molar-refractivity contribution in [3.05, 3.63) is 47.9 Å². The summed E-state index contributed by atoms with van der Waals surface area (Å²) in [5, 5.41) is 3.98. The van der Waals surface area contributed by atoms with Gasteiger partial charge in [-0.15, -0.1) is 0 Å². The van der Waals surface area contributed by atoms with Gasteiger partial charge in [0.1, 0.15) is 11.9 Å². The van der Waals surface area contributed by atoms with Crippen LogP contribution in [0.2, 0.25) is 0 Å². The summed E-state index contributed by atoms with van der Waals surface area (Å²) >= 11 is 0. The largest absolute Gasteiger partial charge is 0.489 e. The standard InChI is InChI=1S/C18H22N2O3/c1-13(2)10-14-11-17(23-19-14)18(21)20-9-8-16(12-20)22-15-6-4-3-5-7-15/h3-7,11,13,16H,8-10,12H2,1-2H3/t16-/m0/s1. The summed E-state index contributed by atoms with van der Waals surface area (Å²) in [6.07, 6.45) is 1.67. The quantitative estimate of drug-likeness (QED) is 0.850. The molecule has 1 aliphatic rings. The molecule has 0 bridgehead atoms. The average molecular weight is 314 g/mol. The maximum absolute atomic E-state index is 12.5. The number of ether oxygens (including phenoxy) is 1. The highest BCUT2D eigenvalue weighted by Gasteiger charge is 2.30. The molecule has 0 spiro atoms. The predicted molar refractivity (Wildman–Crippen MR) is 86.4 cm³/mol. The normalized spacial score (nSPS) is 17.7. The molecule has 0 N–H and O–H groups in total. The molecule has 1 amide bonds. The summed E-state index contributed by atoms with van der Waals surface area (Å²) in [6, 6.07) is 11.5. The molecule has 1 aliphatic heterocycles.